The predicted octanol–water partition coefficient (Wildman–Crippen LogP) is 2.89. The van der Waals surface area contributed by atoms with Crippen LogP contribution in [0.5, 0.6) is 0 Å². The molecule has 2 aromatic heterocycles. The Morgan fingerprint density at radius 3 is 2.39 bits per heavy atom. The second kappa shape index (κ2) is 8.04. The maximum atomic E-state index is 12.7. The number of piperazine rings is 1. The summed E-state index contributed by atoms with van der Waals surface area (Å²) in [6.45, 7) is 4.81. The van der Waals surface area contributed by atoms with Crippen LogP contribution in [0.2, 0.25) is 0 Å². The van der Waals surface area contributed by atoms with E-state index in [1.165, 1.54) is 6.20 Å². The van der Waals surface area contributed by atoms with Gasteiger partial charge >= 0.3 is 0 Å². The quantitative estimate of drug-likeness (QED) is 0.757. The molecule has 0 spiro atoms. The van der Waals surface area contributed by atoms with Gasteiger partial charge in [0.1, 0.15) is 17.3 Å². The zero-order valence-corrected chi connectivity index (χ0v) is 15.7. The van der Waals surface area contributed by atoms with Crippen molar-refractivity contribution in [1.29, 1.82) is 0 Å². The van der Waals surface area contributed by atoms with E-state index < -0.39 is 0 Å². The molecule has 3 heterocycles. The molecule has 0 radical (unpaired) electrons. The Labute approximate surface area is 164 Å². The number of para-hydroxylation sites is 1. The minimum absolute atomic E-state index is 0.0874. The van der Waals surface area contributed by atoms with Gasteiger partial charge in [0.15, 0.2) is 0 Å². The number of hydrogen-bond donors (Lipinski definition) is 1. The van der Waals surface area contributed by atoms with Crippen LogP contribution in [0, 0.1) is 6.92 Å². The van der Waals surface area contributed by atoms with E-state index in [0.717, 1.165) is 30.2 Å². The van der Waals surface area contributed by atoms with E-state index in [4.69, 9.17) is 0 Å². The molecular formula is C21H22N6O. The Bertz CT molecular complexity index is 937. The Morgan fingerprint density at radius 2 is 1.71 bits per heavy atom. The highest BCUT2D eigenvalue weighted by atomic mass is 16.2. The normalized spacial score (nSPS) is 14.0. The zero-order chi connectivity index (χ0) is 19.3. The van der Waals surface area contributed by atoms with Crippen molar-refractivity contribution in [2.24, 2.45) is 0 Å². The maximum Gasteiger partial charge on any atom is 0.274 e. The molecule has 142 valence electrons. The van der Waals surface area contributed by atoms with E-state index in [9.17, 15) is 4.79 Å². The fraction of sp³-hybridized carbons (Fsp3) is 0.238. The summed E-state index contributed by atoms with van der Waals surface area (Å²) in [5, 5.41) is 3.23. The van der Waals surface area contributed by atoms with Gasteiger partial charge in [0.25, 0.3) is 5.91 Å². The van der Waals surface area contributed by atoms with Gasteiger partial charge in [-0.25, -0.2) is 15.0 Å². The van der Waals surface area contributed by atoms with Crippen molar-refractivity contribution in [3.63, 3.8) is 0 Å². The highest BCUT2D eigenvalue weighted by Gasteiger charge is 2.23. The van der Waals surface area contributed by atoms with Crippen LogP contribution >= 0.6 is 0 Å². The van der Waals surface area contributed by atoms with Crippen LogP contribution in [-0.2, 0) is 0 Å². The lowest BCUT2D eigenvalue weighted by molar-refractivity contribution is 0.0740. The molecule has 3 aromatic rings. The SMILES string of the molecule is Cc1ccccc1Nc1cnc(C(=O)N2CCN(c3ccccn3)CC2)cn1. The number of pyridine rings is 1. The molecule has 1 aliphatic rings. The van der Waals surface area contributed by atoms with Gasteiger partial charge in [-0.1, -0.05) is 24.3 Å². The molecular weight excluding hydrogens is 352 g/mol. The van der Waals surface area contributed by atoms with E-state index in [1.807, 2.05) is 54.3 Å². The number of amides is 1. The number of aromatic nitrogens is 3. The Hall–Kier alpha value is -3.48. The summed E-state index contributed by atoms with van der Waals surface area (Å²) in [4.78, 5) is 29.8. The number of benzene rings is 1. The third kappa shape index (κ3) is 3.93. The molecule has 4 rings (SSSR count). The molecule has 1 aromatic carbocycles. The van der Waals surface area contributed by atoms with Gasteiger partial charge in [-0.05, 0) is 30.7 Å². The van der Waals surface area contributed by atoms with Crippen molar-refractivity contribution >= 4 is 23.2 Å². The molecule has 1 N–H and O–H groups in total. The molecule has 7 heteroatoms. The second-order valence-corrected chi connectivity index (χ2v) is 6.69. The number of carbonyl (C=O) groups excluding carboxylic acids is 1. The first kappa shape index (κ1) is 17.9. The Morgan fingerprint density at radius 1 is 0.929 bits per heavy atom. The van der Waals surface area contributed by atoms with Crippen molar-refractivity contribution < 1.29 is 4.79 Å². The molecule has 0 saturated carbocycles. The topological polar surface area (TPSA) is 74.2 Å². The minimum Gasteiger partial charge on any atom is -0.353 e. The number of nitrogens with zero attached hydrogens (tertiary/aromatic N) is 5. The predicted molar refractivity (Wildman–Crippen MR) is 109 cm³/mol. The van der Waals surface area contributed by atoms with E-state index in [1.54, 1.807) is 12.4 Å². The summed E-state index contributed by atoms with van der Waals surface area (Å²) in [6, 6.07) is 13.8. The molecule has 1 amide bonds. The van der Waals surface area contributed by atoms with E-state index in [0.29, 0.717) is 24.6 Å². The molecule has 0 bridgehead atoms. The van der Waals surface area contributed by atoms with E-state index in [2.05, 4.69) is 25.2 Å². The molecule has 0 aliphatic carbocycles. The van der Waals surface area contributed by atoms with Crippen LogP contribution in [0.1, 0.15) is 16.1 Å². The molecule has 1 aliphatic heterocycles. The highest BCUT2D eigenvalue weighted by molar-refractivity contribution is 5.92. The third-order valence-electron chi connectivity index (χ3n) is 4.82. The van der Waals surface area contributed by atoms with Crippen LogP contribution in [-0.4, -0.2) is 51.9 Å². The summed E-state index contributed by atoms with van der Waals surface area (Å²) in [5.74, 6) is 1.47. The van der Waals surface area contributed by atoms with Crippen LogP contribution in [0.25, 0.3) is 0 Å². The van der Waals surface area contributed by atoms with Crippen molar-refractivity contribution in [2.75, 3.05) is 36.4 Å². The van der Waals surface area contributed by atoms with Crippen LogP contribution in [0.3, 0.4) is 0 Å². The van der Waals surface area contributed by atoms with Gasteiger partial charge in [-0.2, -0.15) is 0 Å². The van der Waals surface area contributed by atoms with Gasteiger partial charge in [-0.3, -0.25) is 4.79 Å². The lowest BCUT2D eigenvalue weighted by Crippen LogP contribution is -2.49. The largest absolute Gasteiger partial charge is 0.353 e. The summed E-state index contributed by atoms with van der Waals surface area (Å²) in [7, 11) is 0. The first-order valence-electron chi connectivity index (χ1n) is 9.31. The van der Waals surface area contributed by atoms with Gasteiger partial charge < -0.3 is 15.1 Å². The number of carbonyl (C=O) groups is 1. The summed E-state index contributed by atoms with van der Waals surface area (Å²) in [6.07, 6.45) is 4.92. The molecule has 0 atom stereocenters. The fourth-order valence-electron chi connectivity index (χ4n) is 3.20. The summed E-state index contributed by atoms with van der Waals surface area (Å²) < 4.78 is 0. The highest BCUT2D eigenvalue weighted by Crippen LogP contribution is 2.18. The van der Waals surface area contributed by atoms with E-state index >= 15 is 0 Å². The van der Waals surface area contributed by atoms with Crippen LogP contribution < -0.4 is 10.2 Å². The Balaban J connectivity index is 1.37. The number of nitrogens with one attached hydrogen (secondary N) is 1. The summed E-state index contributed by atoms with van der Waals surface area (Å²) in [5.41, 5.74) is 2.46. The van der Waals surface area contributed by atoms with Gasteiger partial charge in [0.05, 0.1) is 12.4 Å². The number of hydrogen-bond acceptors (Lipinski definition) is 6. The first-order chi connectivity index (χ1) is 13.7. The molecule has 28 heavy (non-hydrogen) atoms. The lowest BCUT2D eigenvalue weighted by Gasteiger charge is -2.35. The van der Waals surface area contributed by atoms with Crippen molar-refractivity contribution in [3.05, 3.63) is 72.3 Å². The monoisotopic (exact) mass is 374 g/mol. The zero-order valence-electron chi connectivity index (χ0n) is 15.7. The second-order valence-electron chi connectivity index (χ2n) is 6.69. The smallest absolute Gasteiger partial charge is 0.274 e. The number of rotatable bonds is 4. The summed E-state index contributed by atoms with van der Waals surface area (Å²) >= 11 is 0. The fourth-order valence-corrected chi connectivity index (χ4v) is 3.20. The number of anilines is 3. The van der Waals surface area contributed by atoms with Gasteiger partial charge in [0.2, 0.25) is 0 Å². The van der Waals surface area contributed by atoms with Gasteiger partial charge in [0, 0.05) is 38.1 Å². The van der Waals surface area contributed by atoms with Crippen molar-refractivity contribution in [1.82, 2.24) is 19.9 Å². The molecule has 7 nitrogen and oxygen atoms in total. The standard InChI is InChI=1S/C21H22N6O/c1-16-6-2-3-7-17(16)25-19-15-23-18(14-24-19)21(28)27-12-10-26(11-13-27)20-8-4-5-9-22-20/h2-9,14-15H,10-13H2,1H3,(H,24,25). The van der Waals surface area contributed by atoms with Crippen molar-refractivity contribution in [3.8, 4) is 0 Å². The first-order valence-corrected chi connectivity index (χ1v) is 9.31. The minimum atomic E-state index is -0.0874. The molecule has 1 saturated heterocycles. The average Bonchev–Trinajstić information content (AvgIpc) is 2.76. The molecule has 1 fully saturated rings. The van der Waals surface area contributed by atoms with Gasteiger partial charge in [-0.15, -0.1) is 0 Å². The van der Waals surface area contributed by atoms with E-state index in [-0.39, 0.29) is 5.91 Å². The van der Waals surface area contributed by atoms with Crippen LogP contribution in [0.15, 0.2) is 61.1 Å². The average molecular weight is 374 g/mol. The van der Waals surface area contributed by atoms with Crippen LogP contribution in [0.4, 0.5) is 17.3 Å². The molecule has 0 unspecified atom stereocenters. The lowest BCUT2D eigenvalue weighted by atomic mass is 10.2. The Kier molecular flexibility index (Phi) is 5.14. The number of aryl methyl sites for hydroxylation is 1. The maximum absolute atomic E-state index is 12.7. The van der Waals surface area contributed by atoms with Crippen molar-refractivity contribution in [2.45, 2.75) is 6.92 Å². The third-order valence-corrected chi connectivity index (χ3v) is 4.82.